The van der Waals surface area contributed by atoms with Gasteiger partial charge >= 0.3 is 24.0 Å². The number of carbonyl (C=O) groups is 2. The fraction of sp³-hybridized carbons (Fsp3) is 0.875. The van der Waals surface area contributed by atoms with Crippen LogP contribution in [0.25, 0.3) is 0 Å². The van der Waals surface area contributed by atoms with E-state index in [0.717, 1.165) is 38.5 Å². The van der Waals surface area contributed by atoms with Gasteiger partial charge < -0.3 is 10.2 Å². The van der Waals surface area contributed by atoms with Crippen LogP contribution in [-0.2, 0) is 9.59 Å². The third kappa shape index (κ3) is 44.3. The van der Waals surface area contributed by atoms with Gasteiger partial charge in [0.1, 0.15) is 0 Å². The first-order valence-electron chi connectivity index (χ1n) is 24.2. The van der Waals surface area contributed by atoms with Gasteiger partial charge in [-0.2, -0.15) is 0 Å². The molecule has 0 aliphatic heterocycles. The Balaban J connectivity index is 0. The van der Waals surface area contributed by atoms with Gasteiger partial charge in [0.2, 0.25) is 0 Å². The normalized spacial score (nSPS) is 12.4. The molecule has 2 unspecified atom stereocenters. The van der Waals surface area contributed by atoms with Crippen molar-refractivity contribution < 1.29 is 29.6 Å². The molecule has 0 amide bonds. The molecule has 0 radical (unpaired) electrons. The van der Waals surface area contributed by atoms with Crippen molar-refractivity contribution in [2.75, 3.05) is 0 Å². The Morgan fingerprint density at radius 3 is 0.759 bits per heavy atom. The molecule has 0 rings (SSSR count). The third-order valence-corrected chi connectivity index (χ3v) is 11.1. The summed E-state index contributed by atoms with van der Waals surface area (Å²) in [6.07, 6.45) is 54.0. The van der Waals surface area contributed by atoms with Crippen molar-refractivity contribution in [3.63, 3.8) is 0 Å². The maximum absolute atomic E-state index is 10.7. The number of hydrogen-bond acceptors (Lipinski definition) is 6. The number of unbranched alkanes of at least 4 members (excludes halogenated alkanes) is 32. The van der Waals surface area contributed by atoms with Crippen LogP contribution in [0.3, 0.4) is 0 Å². The van der Waals surface area contributed by atoms with Gasteiger partial charge in [-0.25, -0.2) is 9.59 Å². The molecule has 0 aliphatic rings. The Bertz CT molecular complexity index is 896. The molecule has 2 atom stereocenters. The lowest BCUT2D eigenvalue weighted by Gasteiger charge is -2.05. The SMILES string of the molecule is CCCCCCCC/C=C\CCCCCCCCCCCCC(C(=O)O)[N+](=O)[O-].CCCCCCCC/C=C\CCCCCCCCCCCCC(C(=O)O)[N+](=O)[O-]. The van der Waals surface area contributed by atoms with E-state index in [1.807, 2.05) is 0 Å². The maximum Gasteiger partial charge on any atom is 0.379 e. The second-order valence-corrected chi connectivity index (χ2v) is 16.6. The number of rotatable bonds is 44. The van der Waals surface area contributed by atoms with E-state index in [0.29, 0.717) is 12.8 Å². The number of nitrogens with zero attached hydrogens (tertiary/aromatic N) is 2. The van der Waals surface area contributed by atoms with Crippen LogP contribution in [0.4, 0.5) is 0 Å². The van der Waals surface area contributed by atoms with Gasteiger partial charge in [-0.15, -0.1) is 0 Å². The molecule has 0 fully saturated rings. The fourth-order valence-electron chi connectivity index (χ4n) is 7.22. The van der Waals surface area contributed by atoms with Crippen LogP contribution >= 0.6 is 0 Å². The molecule has 0 aliphatic carbocycles. The van der Waals surface area contributed by atoms with Gasteiger partial charge in [0.25, 0.3) is 0 Å². The minimum atomic E-state index is -1.43. The van der Waals surface area contributed by atoms with E-state index >= 15 is 0 Å². The largest absolute Gasteiger partial charge is 0.476 e. The molecule has 0 saturated heterocycles. The molecule has 0 spiro atoms. The molecule has 0 aromatic heterocycles. The van der Waals surface area contributed by atoms with Crippen LogP contribution in [0, 0.1) is 20.2 Å². The Kier molecular flexibility index (Phi) is 46.4. The number of nitro groups is 2. The van der Waals surface area contributed by atoms with Crippen LogP contribution < -0.4 is 0 Å². The van der Waals surface area contributed by atoms with Gasteiger partial charge in [-0.05, 0) is 64.2 Å². The number of carboxylic acid groups (broad SMARTS) is 2. The number of aliphatic carboxylic acids is 2. The molecule has 0 aromatic rings. The molecule has 0 heterocycles. The summed E-state index contributed by atoms with van der Waals surface area (Å²) >= 11 is 0. The van der Waals surface area contributed by atoms with Gasteiger partial charge in [0, 0.05) is 22.7 Å². The van der Waals surface area contributed by atoms with E-state index in [-0.39, 0.29) is 12.8 Å². The second-order valence-electron chi connectivity index (χ2n) is 16.6. The highest BCUT2D eigenvalue weighted by atomic mass is 16.6. The maximum atomic E-state index is 10.7. The molecule has 10 heteroatoms. The van der Waals surface area contributed by atoms with Crippen molar-refractivity contribution in [1.82, 2.24) is 0 Å². The van der Waals surface area contributed by atoms with Crippen molar-refractivity contribution in [1.29, 1.82) is 0 Å². The van der Waals surface area contributed by atoms with Crippen molar-refractivity contribution in [3.8, 4) is 0 Å². The average molecular weight is 823 g/mol. The Labute approximate surface area is 355 Å². The first kappa shape index (κ1) is 57.3. The first-order valence-corrected chi connectivity index (χ1v) is 24.2. The van der Waals surface area contributed by atoms with E-state index in [1.165, 1.54) is 180 Å². The smallest absolute Gasteiger partial charge is 0.379 e. The van der Waals surface area contributed by atoms with Crippen LogP contribution in [0.1, 0.15) is 258 Å². The summed E-state index contributed by atoms with van der Waals surface area (Å²) in [6, 6.07) is -2.86. The molecule has 10 nitrogen and oxygen atoms in total. The topological polar surface area (TPSA) is 161 Å². The lowest BCUT2D eigenvalue weighted by molar-refractivity contribution is -0.511. The summed E-state index contributed by atoms with van der Waals surface area (Å²) in [7, 11) is 0. The summed E-state index contributed by atoms with van der Waals surface area (Å²) in [6.45, 7) is 4.52. The van der Waals surface area contributed by atoms with E-state index < -0.39 is 33.9 Å². The van der Waals surface area contributed by atoms with Crippen molar-refractivity contribution in [2.24, 2.45) is 0 Å². The average Bonchev–Trinajstić information content (AvgIpc) is 3.18. The molecule has 0 bridgehead atoms. The Morgan fingerprint density at radius 1 is 0.379 bits per heavy atom. The van der Waals surface area contributed by atoms with Crippen molar-refractivity contribution in [3.05, 3.63) is 44.5 Å². The standard InChI is InChI=1S/2C24H45NO4/c2*1-2-3-4-5-6-7-8-9-10-11-12-13-14-15-16-17-18-19-20-21-22-23(24(26)27)25(28)29/h2*9-10,23H,2-8,11-22H2,1H3,(H,26,27)/b2*10-9-. The number of allylic oxidation sites excluding steroid dienone is 4. The van der Waals surface area contributed by atoms with Crippen LogP contribution in [0.15, 0.2) is 24.3 Å². The summed E-state index contributed by atoms with van der Waals surface area (Å²) in [5.41, 5.74) is 0. The molecule has 58 heavy (non-hydrogen) atoms. The highest BCUT2D eigenvalue weighted by Gasteiger charge is 2.28. The zero-order valence-corrected chi connectivity index (χ0v) is 37.6. The molecule has 2 N–H and O–H groups in total. The number of carboxylic acids is 2. The van der Waals surface area contributed by atoms with Crippen LogP contribution in [-0.4, -0.2) is 44.1 Å². The molecular weight excluding hydrogens is 733 g/mol. The van der Waals surface area contributed by atoms with Crippen molar-refractivity contribution in [2.45, 2.75) is 270 Å². The zero-order valence-electron chi connectivity index (χ0n) is 37.6. The Morgan fingerprint density at radius 2 is 0.569 bits per heavy atom. The summed E-state index contributed by atoms with van der Waals surface area (Å²) < 4.78 is 0. The molecule has 0 aromatic carbocycles. The summed E-state index contributed by atoms with van der Waals surface area (Å²) in [5.74, 6) is -2.63. The van der Waals surface area contributed by atoms with Gasteiger partial charge in [0.05, 0.1) is 0 Å². The molecule has 0 saturated carbocycles. The zero-order chi connectivity index (χ0) is 43.2. The summed E-state index contributed by atoms with van der Waals surface area (Å²) in [5, 5.41) is 38.7. The minimum Gasteiger partial charge on any atom is -0.476 e. The van der Waals surface area contributed by atoms with Crippen molar-refractivity contribution >= 4 is 11.9 Å². The van der Waals surface area contributed by atoms with E-state index in [1.54, 1.807) is 0 Å². The Hall–Kier alpha value is -2.78. The lowest BCUT2D eigenvalue weighted by atomic mass is 10.0. The molecular formula is C48H90N2O8. The second kappa shape index (κ2) is 46.9. The highest BCUT2D eigenvalue weighted by Crippen LogP contribution is 2.16. The molecule has 340 valence electrons. The van der Waals surface area contributed by atoms with E-state index in [4.69, 9.17) is 10.2 Å². The lowest BCUT2D eigenvalue weighted by Crippen LogP contribution is -2.28. The third-order valence-electron chi connectivity index (χ3n) is 11.1. The predicted molar refractivity (Wildman–Crippen MR) is 242 cm³/mol. The predicted octanol–water partition coefficient (Wildman–Crippen LogP) is 15.4. The fourth-order valence-corrected chi connectivity index (χ4v) is 7.22. The van der Waals surface area contributed by atoms with Gasteiger partial charge in [-0.1, -0.05) is 205 Å². The van der Waals surface area contributed by atoms with Crippen LogP contribution in [0.2, 0.25) is 0 Å². The minimum absolute atomic E-state index is 0.149. The van der Waals surface area contributed by atoms with Gasteiger partial charge in [-0.3, -0.25) is 20.2 Å². The van der Waals surface area contributed by atoms with Crippen LogP contribution in [0.5, 0.6) is 0 Å². The first-order chi connectivity index (χ1) is 28.2. The quantitative estimate of drug-likeness (QED) is 0.0266. The van der Waals surface area contributed by atoms with E-state index in [2.05, 4.69) is 38.2 Å². The highest BCUT2D eigenvalue weighted by molar-refractivity contribution is 5.72. The summed E-state index contributed by atoms with van der Waals surface area (Å²) in [4.78, 5) is 41.3. The monoisotopic (exact) mass is 823 g/mol. The van der Waals surface area contributed by atoms with E-state index in [9.17, 15) is 29.8 Å². The van der Waals surface area contributed by atoms with Gasteiger partial charge in [0.15, 0.2) is 0 Å². The number of hydrogen-bond donors (Lipinski definition) is 2.